The quantitative estimate of drug-likeness (QED) is 0.620. The second kappa shape index (κ2) is 7.95. The highest BCUT2D eigenvalue weighted by molar-refractivity contribution is 7.88. The molecular formula is C21H22N4O5S. The Morgan fingerprint density at radius 1 is 1.13 bits per heavy atom. The summed E-state index contributed by atoms with van der Waals surface area (Å²) >= 11 is 0. The lowest BCUT2D eigenvalue weighted by atomic mass is 10.1. The molecule has 0 saturated carbocycles. The van der Waals surface area contributed by atoms with Crippen LogP contribution in [0, 0.1) is 0 Å². The number of nitrogens with zero attached hydrogens (tertiary/aromatic N) is 3. The van der Waals surface area contributed by atoms with E-state index in [1.54, 1.807) is 12.1 Å². The molecule has 0 unspecified atom stereocenters. The molecule has 3 aromatic rings. The van der Waals surface area contributed by atoms with E-state index in [2.05, 4.69) is 14.9 Å². The summed E-state index contributed by atoms with van der Waals surface area (Å²) in [5.41, 5.74) is 1.52. The van der Waals surface area contributed by atoms with Crippen molar-refractivity contribution < 1.29 is 22.4 Å². The minimum absolute atomic E-state index is 0.0481. The van der Waals surface area contributed by atoms with Gasteiger partial charge in [-0.25, -0.2) is 13.1 Å². The van der Waals surface area contributed by atoms with E-state index in [0.717, 1.165) is 11.1 Å². The van der Waals surface area contributed by atoms with E-state index in [1.165, 1.54) is 0 Å². The van der Waals surface area contributed by atoms with Crippen LogP contribution >= 0.6 is 0 Å². The number of benzene rings is 2. The summed E-state index contributed by atoms with van der Waals surface area (Å²) in [5, 5.41) is 4.10. The third kappa shape index (κ3) is 4.27. The van der Waals surface area contributed by atoms with E-state index in [4.69, 9.17) is 14.0 Å². The van der Waals surface area contributed by atoms with Gasteiger partial charge in [-0.15, -0.1) is 0 Å². The van der Waals surface area contributed by atoms with Crippen molar-refractivity contribution in [1.29, 1.82) is 0 Å². The maximum Gasteiger partial charge on any atom is 0.244 e. The van der Waals surface area contributed by atoms with Gasteiger partial charge < -0.3 is 14.0 Å². The number of hydrogen-bond donors (Lipinski definition) is 1. The average molecular weight is 442 g/mol. The lowest BCUT2D eigenvalue weighted by Gasteiger charge is -2.14. The molecule has 0 bridgehead atoms. The van der Waals surface area contributed by atoms with Crippen LogP contribution in [-0.4, -0.2) is 49.9 Å². The Hall–Kier alpha value is -2.95. The highest BCUT2D eigenvalue weighted by Gasteiger charge is 2.36. The largest absolute Gasteiger partial charge is 0.454 e. The first-order chi connectivity index (χ1) is 15.0. The normalized spacial score (nSPS) is 20.9. The first-order valence-electron chi connectivity index (χ1n) is 9.95. The number of likely N-dealkylation sites (N-methyl/N-ethyl adjacent to an activating group) is 1. The lowest BCUT2D eigenvalue weighted by molar-refractivity contribution is 0.174. The highest BCUT2D eigenvalue weighted by Crippen LogP contribution is 2.36. The van der Waals surface area contributed by atoms with Crippen LogP contribution in [0.4, 0.5) is 0 Å². The number of hydrogen-bond acceptors (Lipinski definition) is 8. The molecule has 0 radical (unpaired) electrons. The molecule has 3 heterocycles. The molecule has 1 aromatic heterocycles. The van der Waals surface area contributed by atoms with Gasteiger partial charge in [0.25, 0.3) is 0 Å². The second-order valence-corrected chi connectivity index (χ2v) is 9.53. The van der Waals surface area contributed by atoms with Crippen molar-refractivity contribution in [2.45, 2.75) is 24.3 Å². The molecule has 10 heteroatoms. The summed E-state index contributed by atoms with van der Waals surface area (Å²) in [6, 6.07) is 14.2. The fourth-order valence-corrected chi connectivity index (χ4v) is 5.38. The van der Waals surface area contributed by atoms with Crippen molar-refractivity contribution in [3.8, 4) is 22.9 Å². The van der Waals surface area contributed by atoms with Gasteiger partial charge in [-0.3, -0.25) is 4.90 Å². The Morgan fingerprint density at radius 2 is 1.94 bits per heavy atom. The fourth-order valence-electron chi connectivity index (χ4n) is 3.99. The molecule has 5 rings (SSSR count). The molecule has 0 amide bonds. The molecule has 2 atom stereocenters. The zero-order valence-corrected chi connectivity index (χ0v) is 17.7. The van der Waals surface area contributed by atoms with Crippen LogP contribution in [0.3, 0.4) is 0 Å². The van der Waals surface area contributed by atoms with Gasteiger partial charge in [0.2, 0.25) is 28.5 Å². The van der Waals surface area contributed by atoms with Crippen LogP contribution in [0.2, 0.25) is 0 Å². The number of ether oxygens (including phenoxy) is 2. The summed E-state index contributed by atoms with van der Waals surface area (Å²) in [6.45, 7) is 0.755. The molecule has 0 spiro atoms. The van der Waals surface area contributed by atoms with Crippen molar-refractivity contribution >= 4 is 10.0 Å². The number of sulfonamides is 1. The molecular weight excluding hydrogens is 420 g/mol. The summed E-state index contributed by atoms with van der Waals surface area (Å²) in [7, 11) is -1.54. The zero-order valence-electron chi connectivity index (χ0n) is 16.9. The van der Waals surface area contributed by atoms with Crippen molar-refractivity contribution in [1.82, 2.24) is 19.8 Å². The molecule has 0 aliphatic carbocycles. The molecule has 9 nitrogen and oxygen atoms in total. The molecule has 31 heavy (non-hydrogen) atoms. The van der Waals surface area contributed by atoms with Gasteiger partial charge in [-0.05, 0) is 37.2 Å². The Kier molecular flexibility index (Phi) is 5.12. The third-order valence-electron chi connectivity index (χ3n) is 5.45. The van der Waals surface area contributed by atoms with E-state index < -0.39 is 10.0 Å². The fraction of sp³-hybridized carbons (Fsp3) is 0.333. The molecule has 162 valence electrons. The number of aromatic nitrogens is 2. The summed E-state index contributed by atoms with van der Waals surface area (Å²) in [5.74, 6) is 2.20. The summed E-state index contributed by atoms with van der Waals surface area (Å²) in [6.07, 6.45) is 0.549. The zero-order chi connectivity index (χ0) is 21.4. The lowest BCUT2D eigenvalue weighted by Crippen LogP contribution is -2.37. The third-order valence-corrected chi connectivity index (χ3v) is 6.86. The van der Waals surface area contributed by atoms with E-state index in [9.17, 15) is 8.42 Å². The Balaban J connectivity index is 1.27. The maximum atomic E-state index is 12.6. The number of rotatable bonds is 6. The first kappa shape index (κ1) is 20.0. The summed E-state index contributed by atoms with van der Waals surface area (Å²) in [4.78, 5) is 6.56. The van der Waals surface area contributed by atoms with Crippen LogP contribution in [0.1, 0.15) is 23.9 Å². The van der Waals surface area contributed by atoms with Crippen molar-refractivity contribution in [2.75, 3.05) is 20.4 Å². The summed E-state index contributed by atoms with van der Waals surface area (Å²) < 4.78 is 44.2. The molecule has 2 aliphatic rings. The van der Waals surface area contributed by atoms with Gasteiger partial charge in [0.15, 0.2) is 11.5 Å². The van der Waals surface area contributed by atoms with Crippen LogP contribution in [0.5, 0.6) is 11.5 Å². The predicted molar refractivity (Wildman–Crippen MR) is 112 cm³/mol. The van der Waals surface area contributed by atoms with Crippen LogP contribution in [0.15, 0.2) is 53.1 Å². The minimum Gasteiger partial charge on any atom is -0.454 e. The van der Waals surface area contributed by atoms with E-state index in [-0.39, 0.29) is 24.6 Å². The van der Waals surface area contributed by atoms with Crippen molar-refractivity contribution in [2.24, 2.45) is 0 Å². The molecule has 1 saturated heterocycles. The van der Waals surface area contributed by atoms with E-state index in [0.29, 0.717) is 36.2 Å². The Morgan fingerprint density at radius 3 is 2.77 bits per heavy atom. The van der Waals surface area contributed by atoms with Gasteiger partial charge in [0.1, 0.15) is 0 Å². The number of likely N-dealkylation sites (tertiary alicyclic amines) is 1. The average Bonchev–Trinajstić information content (AvgIpc) is 3.47. The van der Waals surface area contributed by atoms with E-state index >= 15 is 0 Å². The molecule has 2 aliphatic heterocycles. The topological polar surface area (TPSA) is 107 Å². The van der Waals surface area contributed by atoms with E-state index in [1.807, 2.05) is 48.3 Å². The van der Waals surface area contributed by atoms with Crippen LogP contribution in [0.25, 0.3) is 11.4 Å². The smallest absolute Gasteiger partial charge is 0.244 e. The van der Waals surface area contributed by atoms with Gasteiger partial charge in [0, 0.05) is 18.2 Å². The highest BCUT2D eigenvalue weighted by atomic mass is 32.2. The SMILES string of the molecule is CN1C[C@@H](NS(=O)(=O)Cc2ccccc2)C[C@H]1c1nc(-c2ccc3c(c2)OCO3)no1. The van der Waals surface area contributed by atoms with Crippen molar-refractivity contribution in [3.05, 3.63) is 60.0 Å². The van der Waals surface area contributed by atoms with Gasteiger partial charge >= 0.3 is 0 Å². The van der Waals surface area contributed by atoms with Gasteiger partial charge in [0.05, 0.1) is 11.8 Å². The van der Waals surface area contributed by atoms with Crippen LogP contribution in [-0.2, 0) is 15.8 Å². The Bertz CT molecular complexity index is 1180. The molecule has 2 aromatic carbocycles. The monoisotopic (exact) mass is 442 g/mol. The first-order valence-corrected chi connectivity index (χ1v) is 11.6. The maximum absolute atomic E-state index is 12.6. The minimum atomic E-state index is -3.46. The number of fused-ring (bicyclic) bond motifs is 1. The molecule has 1 N–H and O–H groups in total. The standard InChI is InChI=1S/C21H22N4O5S/c1-25-11-16(24-31(26,27)12-14-5-3-2-4-6-14)10-17(25)21-22-20(23-30-21)15-7-8-18-19(9-15)29-13-28-18/h2-9,16-17,24H,10-13H2,1H3/t16-,17-/m0/s1. The van der Waals surface area contributed by atoms with Gasteiger partial charge in [-0.2, -0.15) is 4.98 Å². The Labute approximate surface area is 180 Å². The molecule has 1 fully saturated rings. The number of nitrogens with one attached hydrogen (secondary N) is 1. The van der Waals surface area contributed by atoms with Crippen LogP contribution < -0.4 is 14.2 Å². The predicted octanol–water partition coefficient (Wildman–Crippen LogP) is 2.33. The van der Waals surface area contributed by atoms with Gasteiger partial charge in [-0.1, -0.05) is 35.5 Å². The second-order valence-electron chi connectivity index (χ2n) is 7.77. The van der Waals surface area contributed by atoms with Crippen molar-refractivity contribution in [3.63, 3.8) is 0 Å².